The molecule has 0 aliphatic carbocycles. The number of nitrogens with zero attached hydrogens (tertiary/aromatic N) is 2. The molecule has 1 amide bonds. The largest absolute Gasteiger partial charge is 0.472 e. The van der Waals surface area contributed by atoms with E-state index in [0.717, 1.165) is 34.9 Å². The van der Waals surface area contributed by atoms with Gasteiger partial charge in [0.25, 0.3) is 0 Å². The average Bonchev–Trinajstić information content (AvgIpc) is 3.33. The zero-order valence-electron chi connectivity index (χ0n) is 14.0. The molecule has 1 aromatic carbocycles. The van der Waals surface area contributed by atoms with Crippen LogP contribution in [-0.2, 0) is 11.2 Å². The third kappa shape index (κ3) is 3.67. The van der Waals surface area contributed by atoms with Crippen molar-refractivity contribution in [2.45, 2.75) is 12.5 Å². The van der Waals surface area contributed by atoms with Gasteiger partial charge in [0.05, 0.1) is 24.4 Å². The van der Waals surface area contributed by atoms with Crippen molar-refractivity contribution in [1.82, 2.24) is 15.2 Å². The van der Waals surface area contributed by atoms with E-state index < -0.39 is 0 Å². The van der Waals surface area contributed by atoms with Crippen molar-refractivity contribution in [2.75, 3.05) is 19.6 Å². The second-order valence-electron chi connectivity index (χ2n) is 6.19. The molecule has 2 aromatic heterocycles. The molecular weight excluding hydrogens is 370 g/mol. The van der Waals surface area contributed by atoms with Crippen molar-refractivity contribution < 1.29 is 9.21 Å². The molecule has 26 heavy (non-hydrogen) atoms. The third-order valence-corrected chi connectivity index (χ3v) is 5.62. The van der Waals surface area contributed by atoms with Crippen LogP contribution in [0.3, 0.4) is 0 Å². The molecule has 4 rings (SSSR count). The summed E-state index contributed by atoms with van der Waals surface area (Å²) in [5, 5.41) is 6.86. The number of amides is 1. The van der Waals surface area contributed by atoms with Gasteiger partial charge in [-0.1, -0.05) is 23.7 Å². The standard InChI is InChI=1S/C19H18ClN3O2S/c20-15-3-1-2-13(8-15)17-10-21-5-6-23(17)18(24)9-16-12-26-19(22-16)14-4-7-25-11-14/h1-4,7-8,11-12,17,21H,5-6,9-10H2. The fourth-order valence-electron chi connectivity index (χ4n) is 3.18. The molecule has 1 saturated heterocycles. The number of piperazine rings is 1. The van der Waals surface area contributed by atoms with Gasteiger partial charge in [0.1, 0.15) is 11.3 Å². The fraction of sp³-hybridized carbons (Fsp3) is 0.263. The van der Waals surface area contributed by atoms with Gasteiger partial charge in [0.2, 0.25) is 5.91 Å². The van der Waals surface area contributed by atoms with Crippen molar-refractivity contribution in [2.24, 2.45) is 0 Å². The Bertz CT molecular complexity index is 894. The summed E-state index contributed by atoms with van der Waals surface area (Å²) in [6, 6.07) is 9.58. The number of carbonyl (C=O) groups excluding carboxylic acids is 1. The smallest absolute Gasteiger partial charge is 0.229 e. The first kappa shape index (κ1) is 17.3. The highest BCUT2D eigenvalue weighted by molar-refractivity contribution is 7.13. The lowest BCUT2D eigenvalue weighted by atomic mass is 10.0. The van der Waals surface area contributed by atoms with Gasteiger partial charge in [-0.05, 0) is 23.8 Å². The number of rotatable bonds is 4. The fourth-order valence-corrected chi connectivity index (χ4v) is 4.18. The van der Waals surface area contributed by atoms with Gasteiger partial charge < -0.3 is 14.6 Å². The average molecular weight is 388 g/mol. The van der Waals surface area contributed by atoms with E-state index in [1.807, 2.05) is 40.6 Å². The van der Waals surface area contributed by atoms with Crippen molar-refractivity contribution >= 4 is 28.8 Å². The molecule has 1 N–H and O–H groups in total. The third-order valence-electron chi connectivity index (χ3n) is 4.45. The molecule has 0 spiro atoms. The molecule has 134 valence electrons. The van der Waals surface area contributed by atoms with Gasteiger partial charge in [0.15, 0.2) is 0 Å². The Morgan fingerprint density at radius 3 is 3.15 bits per heavy atom. The number of halogens is 1. The lowest BCUT2D eigenvalue weighted by molar-refractivity contribution is -0.133. The number of furan rings is 1. The van der Waals surface area contributed by atoms with E-state index in [1.54, 1.807) is 12.5 Å². The highest BCUT2D eigenvalue weighted by Gasteiger charge is 2.28. The van der Waals surface area contributed by atoms with Crippen LogP contribution < -0.4 is 5.32 Å². The molecule has 0 bridgehead atoms. The van der Waals surface area contributed by atoms with Crippen LogP contribution in [0.15, 0.2) is 52.7 Å². The van der Waals surface area contributed by atoms with Crippen LogP contribution in [0.2, 0.25) is 5.02 Å². The van der Waals surface area contributed by atoms with Crippen LogP contribution in [-0.4, -0.2) is 35.4 Å². The summed E-state index contributed by atoms with van der Waals surface area (Å²) in [5.41, 5.74) is 2.78. The zero-order valence-corrected chi connectivity index (χ0v) is 15.6. The van der Waals surface area contributed by atoms with Crippen LogP contribution in [0.5, 0.6) is 0 Å². The van der Waals surface area contributed by atoms with E-state index in [1.165, 1.54) is 11.3 Å². The Labute approximate surface area is 160 Å². The maximum absolute atomic E-state index is 12.9. The molecule has 1 fully saturated rings. The maximum Gasteiger partial charge on any atom is 0.229 e. The Hall–Kier alpha value is -2.15. The molecule has 1 aliphatic heterocycles. The summed E-state index contributed by atoms with van der Waals surface area (Å²) >= 11 is 7.66. The normalized spacial score (nSPS) is 17.4. The van der Waals surface area contributed by atoms with Crippen molar-refractivity contribution in [3.63, 3.8) is 0 Å². The Morgan fingerprint density at radius 1 is 1.42 bits per heavy atom. The summed E-state index contributed by atoms with van der Waals surface area (Å²) in [4.78, 5) is 19.4. The minimum absolute atomic E-state index is 0.0121. The number of carbonyl (C=O) groups is 1. The lowest BCUT2D eigenvalue weighted by Gasteiger charge is -2.36. The quantitative estimate of drug-likeness (QED) is 0.740. The summed E-state index contributed by atoms with van der Waals surface area (Å²) in [6.07, 6.45) is 3.58. The Balaban J connectivity index is 1.50. The number of thiazole rings is 1. The van der Waals surface area contributed by atoms with Crippen molar-refractivity contribution in [1.29, 1.82) is 0 Å². The number of hydrogen-bond acceptors (Lipinski definition) is 5. The summed E-state index contributed by atoms with van der Waals surface area (Å²) in [6.45, 7) is 2.19. The van der Waals surface area contributed by atoms with Gasteiger partial charge >= 0.3 is 0 Å². The molecule has 3 heterocycles. The molecule has 5 nitrogen and oxygen atoms in total. The first-order valence-electron chi connectivity index (χ1n) is 8.43. The number of nitrogens with one attached hydrogen (secondary N) is 1. The van der Waals surface area contributed by atoms with E-state index in [2.05, 4.69) is 10.3 Å². The first-order chi connectivity index (χ1) is 12.7. The maximum atomic E-state index is 12.9. The molecule has 0 saturated carbocycles. The Kier molecular flexibility index (Phi) is 5.06. The minimum atomic E-state index is -0.0121. The van der Waals surface area contributed by atoms with Gasteiger partial charge in [-0.2, -0.15) is 0 Å². The molecule has 1 aliphatic rings. The van der Waals surface area contributed by atoms with Crippen molar-refractivity contribution in [3.8, 4) is 10.6 Å². The summed E-state index contributed by atoms with van der Waals surface area (Å²) < 4.78 is 5.10. The van der Waals surface area contributed by atoms with Gasteiger partial charge in [-0.25, -0.2) is 4.98 Å². The first-order valence-corrected chi connectivity index (χ1v) is 9.69. The van der Waals surface area contributed by atoms with E-state index in [4.69, 9.17) is 16.0 Å². The number of benzene rings is 1. The topological polar surface area (TPSA) is 58.4 Å². The van der Waals surface area contributed by atoms with Crippen LogP contribution in [0.1, 0.15) is 17.3 Å². The van der Waals surface area contributed by atoms with E-state index in [9.17, 15) is 4.79 Å². The zero-order chi connectivity index (χ0) is 17.9. The molecule has 7 heteroatoms. The van der Waals surface area contributed by atoms with E-state index >= 15 is 0 Å². The molecule has 1 atom stereocenters. The monoisotopic (exact) mass is 387 g/mol. The highest BCUT2D eigenvalue weighted by Crippen LogP contribution is 2.27. The van der Waals surface area contributed by atoms with E-state index in [-0.39, 0.29) is 11.9 Å². The van der Waals surface area contributed by atoms with Crippen LogP contribution in [0.4, 0.5) is 0 Å². The predicted molar refractivity (Wildman–Crippen MR) is 102 cm³/mol. The molecular formula is C19H18ClN3O2S. The summed E-state index contributed by atoms with van der Waals surface area (Å²) in [7, 11) is 0. The SMILES string of the molecule is O=C(Cc1csc(-c2ccoc2)n1)N1CCNCC1c1cccc(Cl)c1. The second-order valence-corrected chi connectivity index (χ2v) is 7.49. The molecule has 0 radical (unpaired) electrons. The highest BCUT2D eigenvalue weighted by atomic mass is 35.5. The van der Waals surface area contributed by atoms with Gasteiger partial charge in [0, 0.05) is 35.6 Å². The number of hydrogen-bond donors (Lipinski definition) is 1. The van der Waals surface area contributed by atoms with Gasteiger partial charge in [-0.3, -0.25) is 4.79 Å². The van der Waals surface area contributed by atoms with Crippen LogP contribution in [0.25, 0.3) is 10.6 Å². The second kappa shape index (κ2) is 7.61. The van der Waals surface area contributed by atoms with Crippen LogP contribution in [0, 0.1) is 0 Å². The predicted octanol–water partition coefficient (Wildman–Crippen LogP) is 3.77. The number of aromatic nitrogens is 1. The molecule has 1 unspecified atom stereocenters. The molecule has 3 aromatic rings. The van der Waals surface area contributed by atoms with Crippen LogP contribution >= 0.6 is 22.9 Å². The van der Waals surface area contributed by atoms with E-state index in [0.29, 0.717) is 18.0 Å². The van der Waals surface area contributed by atoms with Gasteiger partial charge in [-0.15, -0.1) is 11.3 Å². The minimum Gasteiger partial charge on any atom is -0.472 e. The summed E-state index contributed by atoms with van der Waals surface area (Å²) in [5.74, 6) is 0.0838. The Morgan fingerprint density at radius 2 is 2.35 bits per heavy atom. The van der Waals surface area contributed by atoms with Crippen molar-refractivity contribution in [3.05, 3.63) is 64.5 Å². The lowest BCUT2D eigenvalue weighted by Crippen LogP contribution is -2.49.